The number of carbonyl (C=O) groups is 1. The Morgan fingerprint density at radius 2 is 1.59 bits per heavy atom. The third kappa shape index (κ3) is 4.08. The maximum Gasteiger partial charge on any atom is 0.302 e. The van der Waals surface area contributed by atoms with Crippen molar-refractivity contribution in [2.24, 2.45) is 50.2 Å². The highest BCUT2D eigenvalue weighted by molar-refractivity contribution is 5.66. The predicted molar refractivity (Wildman–Crippen MR) is 169 cm³/mol. The molecule has 1 spiro atoms. The highest BCUT2D eigenvalue weighted by atomic mass is 16.7. The molecular formula is C37H58O9. The van der Waals surface area contributed by atoms with Crippen LogP contribution in [0.25, 0.3) is 0 Å². The highest BCUT2D eigenvalue weighted by Crippen LogP contribution is 2.79. The maximum atomic E-state index is 12.4. The van der Waals surface area contributed by atoms with Crippen LogP contribution < -0.4 is 0 Å². The number of aliphatic hydroxyl groups excluding tert-OH is 4. The number of carbonyl (C=O) groups excluding carboxylic acids is 1. The first-order valence-electron chi connectivity index (χ1n) is 17.8. The summed E-state index contributed by atoms with van der Waals surface area (Å²) in [5.74, 6) is 0.329. The topological polar surface area (TPSA) is 135 Å². The van der Waals surface area contributed by atoms with Crippen LogP contribution in [0.5, 0.6) is 0 Å². The van der Waals surface area contributed by atoms with E-state index in [0.717, 1.165) is 38.5 Å². The first-order valence-corrected chi connectivity index (χ1v) is 17.8. The Morgan fingerprint density at radius 3 is 2.28 bits per heavy atom. The summed E-state index contributed by atoms with van der Waals surface area (Å²) in [7, 11) is 0. The molecule has 5 aliphatic carbocycles. The molecule has 2 heterocycles. The Bertz CT molecular complexity index is 1280. The molecule has 46 heavy (non-hydrogen) atoms. The lowest BCUT2D eigenvalue weighted by Gasteiger charge is -2.73. The van der Waals surface area contributed by atoms with Crippen LogP contribution in [0.3, 0.4) is 0 Å². The second-order valence-electron chi connectivity index (χ2n) is 18.6. The van der Waals surface area contributed by atoms with Crippen molar-refractivity contribution in [3.63, 3.8) is 0 Å². The fourth-order valence-corrected chi connectivity index (χ4v) is 13.1. The molecule has 7 rings (SSSR count). The first kappa shape index (κ1) is 33.4. The summed E-state index contributed by atoms with van der Waals surface area (Å²) in [6.45, 7) is 18.2. The summed E-state index contributed by atoms with van der Waals surface area (Å²) < 4.78 is 25.3. The van der Waals surface area contributed by atoms with Crippen molar-refractivity contribution in [1.29, 1.82) is 0 Å². The van der Waals surface area contributed by atoms with Crippen LogP contribution in [0.15, 0.2) is 12.2 Å². The molecule has 9 nitrogen and oxygen atoms in total. The molecule has 2 aliphatic heterocycles. The van der Waals surface area contributed by atoms with Gasteiger partial charge in [0, 0.05) is 18.3 Å². The Hall–Kier alpha value is -1.07. The molecule has 0 aromatic rings. The van der Waals surface area contributed by atoms with Gasteiger partial charge in [-0.2, -0.15) is 0 Å². The van der Waals surface area contributed by atoms with Crippen LogP contribution in [0.1, 0.15) is 100 Å². The van der Waals surface area contributed by atoms with E-state index in [1.807, 2.05) is 0 Å². The molecule has 0 radical (unpaired) electrons. The molecule has 15 atom stereocenters. The minimum Gasteiger partial charge on any atom is -0.462 e. The van der Waals surface area contributed by atoms with Gasteiger partial charge in [-0.15, -0.1) is 0 Å². The average Bonchev–Trinajstić information content (AvgIpc) is 3.22. The molecule has 7 aliphatic rings. The molecular weight excluding hydrogens is 588 g/mol. The first-order chi connectivity index (χ1) is 21.3. The molecule has 0 amide bonds. The van der Waals surface area contributed by atoms with Crippen molar-refractivity contribution >= 4 is 5.97 Å². The zero-order valence-corrected chi connectivity index (χ0v) is 29.1. The predicted octanol–water partition coefficient (Wildman–Crippen LogP) is 4.13. The molecule has 4 N–H and O–H groups in total. The molecule has 9 heteroatoms. The molecule has 2 saturated heterocycles. The van der Waals surface area contributed by atoms with Gasteiger partial charge in [0.05, 0.1) is 36.4 Å². The van der Waals surface area contributed by atoms with Gasteiger partial charge in [0.2, 0.25) is 0 Å². The molecule has 4 unspecified atom stereocenters. The van der Waals surface area contributed by atoms with E-state index in [4.69, 9.17) is 18.9 Å². The van der Waals surface area contributed by atoms with E-state index in [1.54, 1.807) is 0 Å². The van der Waals surface area contributed by atoms with Gasteiger partial charge in [0.15, 0.2) is 6.29 Å². The monoisotopic (exact) mass is 646 g/mol. The summed E-state index contributed by atoms with van der Waals surface area (Å²) in [5.41, 5.74) is -1.97. The number of ether oxygens (including phenoxy) is 4. The highest BCUT2D eigenvalue weighted by Gasteiger charge is 2.81. The van der Waals surface area contributed by atoms with Gasteiger partial charge < -0.3 is 39.4 Å². The Kier molecular flexibility index (Phi) is 7.44. The third-order valence-corrected chi connectivity index (χ3v) is 15.6. The second-order valence-corrected chi connectivity index (χ2v) is 18.6. The molecule has 260 valence electrons. The van der Waals surface area contributed by atoms with Crippen LogP contribution >= 0.6 is 0 Å². The summed E-state index contributed by atoms with van der Waals surface area (Å²) >= 11 is 0. The zero-order chi connectivity index (χ0) is 33.5. The molecule has 4 saturated carbocycles. The molecule has 6 fully saturated rings. The van der Waals surface area contributed by atoms with Crippen molar-refractivity contribution in [3.8, 4) is 0 Å². The van der Waals surface area contributed by atoms with E-state index in [-0.39, 0.29) is 63.7 Å². The quantitative estimate of drug-likeness (QED) is 0.203. The van der Waals surface area contributed by atoms with E-state index >= 15 is 0 Å². The summed E-state index contributed by atoms with van der Waals surface area (Å²) in [6.07, 6.45) is 4.93. The average molecular weight is 647 g/mol. The smallest absolute Gasteiger partial charge is 0.302 e. The van der Waals surface area contributed by atoms with Crippen molar-refractivity contribution in [3.05, 3.63) is 12.2 Å². The minimum absolute atomic E-state index is 0.0383. The number of esters is 1. The van der Waals surface area contributed by atoms with E-state index in [2.05, 4.69) is 60.6 Å². The summed E-state index contributed by atoms with van der Waals surface area (Å²) in [4.78, 5) is 12.4. The molecule has 2 bridgehead atoms. The van der Waals surface area contributed by atoms with E-state index in [0.29, 0.717) is 18.9 Å². The molecule has 0 aromatic heterocycles. The normalized spacial score (nSPS) is 56.6. The zero-order valence-electron chi connectivity index (χ0n) is 29.1. The van der Waals surface area contributed by atoms with Gasteiger partial charge in [-0.1, -0.05) is 60.6 Å². The van der Waals surface area contributed by atoms with Gasteiger partial charge in [-0.05, 0) is 78.4 Å². The summed E-state index contributed by atoms with van der Waals surface area (Å²) in [5, 5.41) is 43.2. The van der Waals surface area contributed by atoms with E-state index < -0.39 is 41.7 Å². The molecule has 0 aromatic carbocycles. The minimum atomic E-state index is -1.30. The number of hydrogen-bond donors (Lipinski definition) is 4. The van der Waals surface area contributed by atoms with Crippen LogP contribution in [0, 0.1) is 50.2 Å². The third-order valence-electron chi connectivity index (χ3n) is 15.6. The van der Waals surface area contributed by atoms with Gasteiger partial charge in [-0.3, -0.25) is 4.79 Å². The lowest BCUT2D eigenvalue weighted by molar-refractivity contribution is -0.311. The maximum absolute atomic E-state index is 12.4. The van der Waals surface area contributed by atoms with Crippen LogP contribution in [0.4, 0.5) is 0 Å². The van der Waals surface area contributed by atoms with Crippen molar-refractivity contribution < 1.29 is 44.2 Å². The van der Waals surface area contributed by atoms with Gasteiger partial charge in [0.25, 0.3) is 0 Å². The number of fused-ring (bicyclic) bond motifs is 4. The van der Waals surface area contributed by atoms with E-state index in [1.165, 1.54) is 6.92 Å². The van der Waals surface area contributed by atoms with Gasteiger partial charge in [-0.25, -0.2) is 0 Å². The van der Waals surface area contributed by atoms with Crippen LogP contribution in [-0.2, 0) is 23.7 Å². The largest absolute Gasteiger partial charge is 0.462 e. The number of hydrogen-bond acceptors (Lipinski definition) is 9. The van der Waals surface area contributed by atoms with E-state index in [9.17, 15) is 25.2 Å². The Labute approximate surface area is 274 Å². The lowest BCUT2D eigenvalue weighted by atomic mass is 9.32. The fraction of sp³-hybridized carbons (Fsp3) is 0.919. The number of aliphatic hydroxyl groups is 4. The van der Waals surface area contributed by atoms with Crippen molar-refractivity contribution in [1.82, 2.24) is 0 Å². The van der Waals surface area contributed by atoms with Crippen molar-refractivity contribution in [2.45, 2.75) is 149 Å². The fourth-order valence-electron chi connectivity index (χ4n) is 13.1. The standard InChI is InChI=1S/C37H58O9/c1-20(38)45-27-17-31(2,3)15-24-36(27)19-44-37(24)14-10-23-33(6)12-11-26(46-30-29(42)28(41)21(39)18-43-30)32(4,5)22(33)9-13-34(23,7)35(37,8)16-25(36)40/h10,14,21-30,39-42H,9,11-13,15-19H2,1-8H3/t21-,22?,23?,24?,25-,26?,27+,28-,29-,30+,33+,34-,35+,36+,37+/m1/s1. The van der Waals surface area contributed by atoms with Gasteiger partial charge >= 0.3 is 5.97 Å². The Balaban J connectivity index is 1.23. The second kappa shape index (κ2) is 10.2. The summed E-state index contributed by atoms with van der Waals surface area (Å²) in [6, 6.07) is 0. The van der Waals surface area contributed by atoms with Crippen molar-refractivity contribution in [2.75, 3.05) is 13.2 Å². The number of rotatable bonds is 3. The lowest BCUT2D eigenvalue weighted by Crippen LogP contribution is -2.74. The number of allylic oxidation sites excluding steroid dienone is 1. The Morgan fingerprint density at radius 1 is 0.870 bits per heavy atom. The SMILES string of the molecule is CC(=O)O[C@H]1CC(C)(C)CC2[C@]13CO[C@@]21C=CC2[C@@]4(C)CCC(O[C@@H]5OC[C@@H](O)[C@@H](O)[C@H]5O)C(C)(C)C4CC[C@@]2(C)[C@]1(C)C[C@H]3O. The van der Waals surface area contributed by atoms with Gasteiger partial charge in [0.1, 0.15) is 24.4 Å². The van der Waals surface area contributed by atoms with Crippen LogP contribution in [0.2, 0.25) is 0 Å². The van der Waals surface area contributed by atoms with Crippen LogP contribution in [-0.4, -0.2) is 88.1 Å².